The van der Waals surface area contributed by atoms with Crippen molar-refractivity contribution >= 4 is 21.9 Å². The molecule has 0 bridgehead atoms. The molecule has 0 saturated carbocycles. The summed E-state index contributed by atoms with van der Waals surface area (Å²) in [6.45, 7) is 0. The Balaban J connectivity index is 2.64. The van der Waals surface area contributed by atoms with Gasteiger partial charge in [0.15, 0.2) is 0 Å². The summed E-state index contributed by atoms with van der Waals surface area (Å²) >= 11 is 3.29. The molecule has 0 aliphatic heterocycles. The molecule has 0 radical (unpaired) electrons. The number of carbonyl (C=O) groups is 1. The van der Waals surface area contributed by atoms with Gasteiger partial charge in [0.25, 0.3) is 0 Å². The third kappa shape index (κ3) is 2.64. The van der Waals surface area contributed by atoms with Crippen molar-refractivity contribution in [3.05, 3.63) is 34.3 Å². The highest BCUT2D eigenvalue weighted by Gasteiger charge is 2.01. The van der Waals surface area contributed by atoms with Gasteiger partial charge in [0.2, 0.25) is 0 Å². The molecular weight excluding hydrogens is 222 g/mol. The lowest BCUT2D eigenvalue weighted by Gasteiger charge is -1.98. The molecular formula is C8H8BrNO2. The summed E-state index contributed by atoms with van der Waals surface area (Å²) in [6.07, 6.45) is 0.212. The van der Waals surface area contributed by atoms with Gasteiger partial charge in [-0.1, -0.05) is 28.1 Å². The van der Waals surface area contributed by atoms with Crippen molar-refractivity contribution in [3.63, 3.8) is 0 Å². The van der Waals surface area contributed by atoms with Crippen LogP contribution in [0.2, 0.25) is 0 Å². The summed E-state index contributed by atoms with van der Waals surface area (Å²) in [5.41, 5.74) is 0.883. The Hall–Kier alpha value is -0.870. The molecule has 0 saturated heterocycles. The molecule has 4 heteroatoms. The largest absolute Gasteiger partial charge is 0.373 e. The number of benzene rings is 1. The maximum atomic E-state index is 10.7. The van der Waals surface area contributed by atoms with E-state index < -0.39 is 5.97 Å². The molecule has 3 nitrogen and oxygen atoms in total. The fourth-order valence-corrected chi connectivity index (χ4v) is 1.07. The summed E-state index contributed by atoms with van der Waals surface area (Å²) in [6, 6.07) is 7.39. The molecule has 0 aromatic heterocycles. The van der Waals surface area contributed by atoms with E-state index >= 15 is 0 Å². The predicted molar refractivity (Wildman–Crippen MR) is 48.1 cm³/mol. The Morgan fingerprint density at radius 2 is 2.00 bits per heavy atom. The topological polar surface area (TPSA) is 52.3 Å². The lowest BCUT2D eigenvalue weighted by Crippen LogP contribution is -2.12. The van der Waals surface area contributed by atoms with Crippen molar-refractivity contribution in [2.75, 3.05) is 0 Å². The number of rotatable bonds is 2. The molecule has 1 aromatic carbocycles. The van der Waals surface area contributed by atoms with Gasteiger partial charge in [0.1, 0.15) is 0 Å². The van der Waals surface area contributed by atoms with Crippen molar-refractivity contribution in [1.29, 1.82) is 0 Å². The zero-order valence-corrected chi connectivity index (χ0v) is 7.87. The molecule has 0 amide bonds. The summed E-state index contributed by atoms with van der Waals surface area (Å²) in [5, 5.41) is 0. The van der Waals surface area contributed by atoms with Gasteiger partial charge in [-0.25, -0.2) is 0 Å². The molecule has 0 atom stereocenters. The van der Waals surface area contributed by atoms with Gasteiger partial charge >= 0.3 is 5.97 Å². The highest BCUT2D eigenvalue weighted by atomic mass is 79.9. The van der Waals surface area contributed by atoms with E-state index in [9.17, 15) is 4.79 Å². The maximum absolute atomic E-state index is 10.7. The molecule has 0 fully saturated rings. The zero-order chi connectivity index (χ0) is 8.97. The normalized spacial score (nSPS) is 9.50. The van der Waals surface area contributed by atoms with Crippen LogP contribution in [-0.2, 0) is 16.1 Å². The molecule has 2 N–H and O–H groups in total. The number of nitrogens with two attached hydrogens (primary N) is 1. The fourth-order valence-electron chi connectivity index (χ4n) is 0.811. The first-order valence-electron chi connectivity index (χ1n) is 3.36. The van der Waals surface area contributed by atoms with Crippen molar-refractivity contribution in [3.8, 4) is 0 Å². The highest BCUT2D eigenvalue weighted by molar-refractivity contribution is 9.10. The first-order chi connectivity index (χ1) is 5.72. The number of hydrogen-bond acceptors (Lipinski definition) is 3. The van der Waals surface area contributed by atoms with Crippen LogP contribution in [0.1, 0.15) is 5.56 Å². The highest BCUT2D eigenvalue weighted by Crippen LogP contribution is 2.10. The van der Waals surface area contributed by atoms with Gasteiger partial charge in [0, 0.05) is 4.47 Å². The quantitative estimate of drug-likeness (QED) is 0.781. The Bertz CT molecular complexity index is 271. The van der Waals surface area contributed by atoms with Gasteiger partial charge in [-0.05, 0) is 17.7 Å². The van der Waals surface area contributed by atoms with Crippen LogP contribution in [0.15, 0.2) is 28.7 Å². The lowest BCUT2D eigenvalue weighted by molar-refractivity contribution is -0.143. The Labute approximate surface area is 78.6 Å². The second-order valence-corrected chi connectivity index (χ2v) is 3.21. The van der Waals surface area contributed by atoms with Crippen molar-refractivity contribution in [1.82, 2.24) is 0 Å². The van der Waals surface area contributed by atoms with E-state index in [1.807, 2.05) is 24.3 Å². The Morgan fingerprint density at radius 3 is 2.50 bits per heavy atom. The van der Waals surface area contributed by atoms with E-state index in [-0.39, 0.29) is 6.42 Å². The Morgan fingerprint density at radius 1 is 1.42 bits per heavy atom. The van der Waals surface area contributed by atoms with Crippen LogP contribution >= 0.6 is 15.9 Å². The molecule has 64 valence electrons. The van der Waals surface area contributed by atoms with E-state index in [0.29, 0.717) is 0 Å². The molecule has 0 aliphatic carbocycles. The lowest BCUT2D eigenvalue weighted by atomic mass is 10.2. The SMILES string of the molecule is NOC(=O)Cc1ccc(Br)cc1. The molecule has 0 aliphatic rings. The smallest absolute Gasteiger partial charge is 0.328 e. The molecule has 0 spiro atoms. The third-order valence-electron chi connectivity index (χ3n) is 1.39. The first kappa shape index (κ1) is 9.22. The molecule has 0 unspecified atom stereocenters. The van der Waals surface area contributed by atoms with Gasteiger partial charge < -0.3 is 4.84 Å². The summed E-state index contributed by atoms with van der Waals surface area (Å²) in [7, 11) is 0. The average Bonchev–Trinajstić information content (AvgIpc) is 2.09. The van der Waals surface area contributed by atoms with Crippen LogP contribution in [0.5, 0.6) is 0 Å². The van der Waals surface area contributed by atoms with Gasteiger partial charge in [-0.3, -0.25) is 4.79 Å². The predicted octanol–water partition coefficient (Wildman–Crippen LogP) is 1.41. The second kappa shape index (κ2) is 4.23. The minimum Gasteiger partial charge on any atom is -0.373 e. The van der Waals surface area contributed by atoms with E-state index in [4.69, 9.17) is 5.90 Å². The van der Waals surface area contributed by atoms with Crippen molar-refractivity contribution in [2.45, 2.75) is 6.42 Å². The minimum atomic E-state index is -0.433. The van der Waals surface area contributed by atoms with Gasteiger partial charge in [0.05, 0.1) is 6.42 Å². The first-order valence-corrected chi connectivity index (χ1v) is 4.15. The van der Waals surface area contributed by atoms with Crippen LogP contribution in [0.4, 0.5) is 0 Å². The molecule has 1 aromatic rings. The van der Waals surface area contributed by atoms with Crippen molar-refractivity contribution < 1.29 is 9.63 Å². The molecule has 1 rings (SSSR count). The van der Waals surface area contributed by atoms with E-state index in [1.165, 1.54) is 0 Å². The van der Waals surface area contributed by atoms with Crippen molar-refractivity contribution in [2.24, 2.45) is 5.90 Å². The Kier molecular flexibility index (Phi) is 3.25. The zero-order valence-electron chi connectivity index (χ0n) is 6.29. The molecule has 0 heterocycles. The van der Waals surface area contributed by atoms with Gasteiger partial charge in [-0.15, -0.1) is 0 Å². The van der Waals surface area contributed by atoms with E-state index in [0.717, 1.165) is 10.0 Å². The number of carbonyl (C=O) groups excluding carboxylic acids is 1. The third-order valence-corrected chi connectivity index (χ3v) is 1.92. The average molecular weight is 230 g/mol. The summed E-state index contributed by atoms with van der Waals surface area (Å²) < 4.78 is 0.979. The van der Waals surface area contributed by atoms with Gasteiger partial charge in [-0.2, -0.15) is 5.90 Å². The maximum Gasteiger partial charge on any atom is 0.328 e. The van der Waals surface area contributed by atoms with Crippen LogP contribution < -0.4 is 5.90 Å². The summed E-state index contributed by atoms with van der Waals surface area (Å²) in [5.74, 6) is 4.26. The monoisotopic (exact) mass is 229 g/mol. The van der Waals surface area contributed by atoms with E-state index in [1.54, 1.807) is 0 Å². The van der Waals surface area contributed by atoms with Crippen LogP contribution in [0.3, 0.4) is 0 Å². The van der Waals surface area contributed by atoms with E-state index in [2.05, 4.69) is 20.8 Å². The minimum absolute atomic E-state index is 0.212. The molecule has 12 heavy (non-hydrogen) atoms. The standard InChI is InChI=1S/C8H8BrNO2/c9-7-3-1-6(2-4-7)5-8(11)12-10/h1-4H,5,10H2. The van der Waals surface area contributed by atoms with Crippen LogP contribution in [0.25, 0.3) is 0 Å². The summed E-state index contributed by atoms with van der Waals surface area (Å²) in [4.78, 5) is 14.7. The number of hydrogen-bond donors (Lipinski definition) is 1. The number of halogens is 1. The fraction of sp³-hybridized carbons (Fsp3) is 0.125. The second-order valence-electron chi connectivity index (χ2n) is 2.29. The van der Waals surface area contributed by atoms with Crippen LogP contribution in [0, 0.1) is 0 Å². The van der Waals surface area contributed by atoms with Crippen LogP contribution in [-0.4, -0.2) is 5.97 Å².